The van der Waals surface area contributed by atoms with E-state index in [-0.39, 0.29) is 13.2 Å². The summed E-state index contributed by atoms with van der Waals surface area (Å²) < 4.78 is 1.52. The van der Waals surface area contributed by atoms with E-state index in [4.69, 9.17) is 10.4 Å². The first-order valence-corrected chi connectivity index (χ1v) is 6.09. The Morgan fingerprint density at radius 1 is 1.44 bits per heavy atom. The Hall–Kier alpha value is -0.610. The molecule has 0 radical (unpaired) electrons. The molecule has 0 aliphatic carbocycles. The molecule has 0 spiro atoms. The Morgan fingerprint density at radius 3 is 2.69 bits per heavy atom. The number of hydrogen-bond acceptors (Lipinski definition) is 4. The first-order chi connectivity index (χ1) is 7.58. The summed E-state index contributed by atoms with van der Waals surface area (Å²) in [6, 6.07) is 5.53. The molecular formula is C10H10Br2N2O2. The Morgan fingerprint density at radius 2 is 2.12 bits per heavy atom. The topological polar surface area (TPSA) is 76.3 Å². The van der Waals surface area contributed by atoms with Crippen LogP contribution in [0.1, 0.15) is 5.56 Å². The number of rotatable bonds is 4. The van der Waals surface area contributed by atoms with Crippen LogP contribution in [-0.4, -0.2) is 29.5 Å². The van der Waals surface area contributed by atoms with E-state index >= 15 is 0 Å². The van der Waals surface area contributed by atoms with Gasteiger partial charge >= 0.3 is 0 Å². The lowest BCUT2D eigenvalue weighted by atomic mass is 10.2. The number of nitrogens with one attached hydrogen (secondary N) is 1. The van der Waals surface area contributed by atoms with Crippen LogP contribution in [-0.2, 0) is 0 Å². The fourth-order valence-electron chi connectivity index (χ4n) is 1.13. The zero-order valence-electron chi connectivity index (χ0n) is 8.24. The normalized spacial score (nSPS) is 11.9. The molecule has 0 saturated carbocycles. The van der Waals surface area contributed by atoms with Crippen LogP contribution in [0.15, 0.2) is 21.1 Å². The molecular weight excluding hydrogens is 340 g/mol. The predicted octanol–water partition coefficient (Wildman–Crippen LogP) is 1.85. The highest BCUT2D eigenvalue weighted by molar-refractivity contribution is 9.11. The Labute approximate surface area is 110 Å². The second-order valence-electron chi connectivity index (χ2n) is 3.14. The van der Waals surface area contributed by atoms with E-state index in [1.54, 1.807) is 12.1 Å². The fourth-order valence-corrected chi connectivity index (χ4v) is 2.49. The van der Waals surface area contributed by atoms with E-state index < -0.39 is 6.10 Å². The summed E-state index contributed by atoms with van der Waals surface area (Å²) in [5, 5.41) is 29.7. The maximum absolute atomic E-state index is 9.21. The van der Waals surface area contributed by atoms with Gasteiger partial charge in [-0.1, -0.05) is 15.9 Å². The summed E-state index contributed by atoms with van der Waals surface area (Å²) in [4.78, 5) is 0. The minimum absolute atomic E-state index is 0.186. The van der Waals surface area contributed by atoms with E-state index in [0.29, 0.717) is 11.3 Å². The summed E-state index contributed by atoms with van der Waals surface area (Å²) in [7, 11) is 0. The molecule has 16 heavy (non-hydrogen) atoms. The van der Waals surface area contributed by atoms with E-state index in [0.717, 1.165) is 8.95 Å². The first-order valence-electron chi connectivity index (χ1n) is 4.50. The van der Waals surface area contributed by atoms with Gasteiger partial charge in [-0.25, -0.2) is 0 Å². The third-order valence-corrected chi connectivity index (χ3v) is 2.98. The lowest BCUT2D eigenvalue weighted by Crippen LogP contribution is -2.23. The lowest BCUT2D eigenvalue weighted by Gasteiger charge is -2.13. The van der Waals surface area contributed by atoms with Crippen molar-refractivity contribution in [1.82, 2.24) is 0 Å². The fraction of sp³-hybridized carbons (Fsp3) is 0.300. The zero-order chi connectivity index (χ0) is 12.1. The van der Waals surface area contributed by atoms with Crippen molar-refractivity contribution in [2.24, 2.45) is 0 Å². The molecule has 6 heteroatoms. The van der Waals surface area contributed by atoms with E-state index in [9.17, 15) is 5.11 Å². The van der Waals surface area contributed by atoms with Crippen molar-refractivity contribution in [1.29, 1.82) is 5.26 Å². The van der Waals surface area contributed by atoms with Crippen molar-refractivity contribution in [2.75, 3.05) is 18.5 Å². The Balaban J connectivity index is 2.91. The van der Waals surface area contributed by atoms with Crippen LogP contribution in [0.25, 0.3) is 0 Å². The maximum atomic E-state index is 9.21. The van der Waals surface area contributed by atoms with Crippen LogP contribution in [0, 0.1) is 11.3 Å². The van der Waals surface area contributed by atoms with Gasteiger partial charge in [0.2, 0.25) is 0 Å². The van der Waals surface area contributed by atoms with Gasteiger partial charge in [0.25, 0.3) is 0 Å². The standard InChI is InChI=1S/C10H10Br2N2O2/c11-7-1-6(3-13)10(9(12)2-7)14-4-8(16)5-15/h1-2,8,14-16H,4-5H2. The van der Waals surface area contributed by atoms with Crippen molar-refractivity contribution >= 4 is 37.5 Å². The molecule has 0 aliphatic heterocycles. The molecule has 1 unspecified atom stereocenters. The number of nitrogens with zero attached hydrogens (tertiary/aromatic N) is 1. The Bertz CT molecular complexity index is 418. The van der Waals surface area contributed by atoms with Crippen molar-refractivity contribution in [3.63, 3.8) is 0 Å². The summed E-state index contributed by atoms with van der Waals surface area (Å²) in [6.45, 7) is -0.131. The second kappa shape index (κ2) is 6.21. The van der Waals surface area contributed by atoms with Gasteiger partial charge < -0.3 is 15.5 Å². The summed E-state index contributed by atoms with van der Waals surface area (Å²) >= 11 is 6.61. The van der Waals surface area contributed by atoms with Crippen LogP contribution in [0.4, 0.5) is 5.69 Å². The molecule has 0 aliphatic rings. The first kappa shape index (κ1) is 13.5. The van der Waals surface area contributed by atoms with E-state index in [1.165, 1.54) is 0 Å². The largest absolute Gasteiger partial charge is 0.394 e. The van der Waals surface area contributed by atoms with E-state index in [2.05, 4.69) is 43.2 Å². The van der Waals surface area contributed by atoms with E-state index in [1.807, 2.05) is 0 Å². The highest BCUT2D eigenvalue weighted by Crippen LogP contribution is 2.30. The third kappa shape index (κ3) is 3.46. The van der Waals surface area contributed by atoms with Crippen molar-refractivity contribution in [2.45, 2.75) is 6.10 Å². The summed E-state index contributed by atoms with van der Waals surface area (Å²) in [5.41, 5.74) is 1.07. The maximum Gasteiger partial charge on any atom is 0.101 e. The monoisotopic (exact) mass is 348 g/mol. The van der Waals surface area contributed by atoms with Gasteiger partial charge in [-0.2, -0.15) is 5.26 Å². The molecule has 1 atom stereocenters. The average molecular weight is 350 g/mol. The Kier molecular flexibility index (Phi) is 5.22. The highest BCUT2D eigenvalue weighted by Gasteiger charge is 2.10. The van der Waals surface area contributed by atoms with Crippen molar-refractivity contribution in [3.8, 4) is 6.07 Å². The molecule has 0 fully saturated rings. The smallest absolute Gasteiger partial charge is 0.101 e. The number of halogens is 2. The number of aliphatic hydroxyl groups excluding tert-OH is 2. The molecule has 1 aromatic carbocycles. The van der Waals surface area contributed by atoms with Crippen molar-refractivity contribution in [3.05, 3.63) is 26.6 Å². The molecule has 3 N–H and O–H groups in total. The number of anilines is 1. The van der Waals surface area contributed by atoms with Crippen LogP contribution in [0.3, 0.4) is 0 Å². The minimum Gasteiger partial charge on any atom is -0.394 e. The van der Waals surface area contributed by atoms with Gasteiger partial charge in [0, 0.05) is 15.5 Å². The zero-order valence-corrected chi connectivity index (χ0v) is 11.4. The molecule has 0 bridgehead atoms. The van der Waals surface area contributed by atoms with Crippen LogP contribution >= 0.6 is 31.9 Å². The summed E-state index contributed by atoms with van der Waals surface area (Å²) in [5.74, 6) is 0. The summed E-state index contributed by atoms with van der Waals surface area (Å²) in [6.07, 6.45) is -0.845. The van der Waals surface area contributed by atoms with Crippen molar-refractivity contribution < 1.29 is 10.2 Å². The number of benzene rings is 1. The number of nitriles is 1. The predicted molar refractivity (Wildman–Crippen MR) is 68.1 cm³/mol. The molecule has 4 nitrogen and oxygen atoms in total. The quantitative estimate of drug-likeness (QED) is 0.775. The second-order valence-corrected chi connectivity index (χ2v) is 4.91. The van der Waals surface area contributed by atoms with Crippen LogP contribution < -0.4 is 5.32 Å². The molecule has 0 heterocycles. The van der Waals surface area contributed by atoms with Crippen LogP contribution in [0.2, 0.25) is 0 Å². The SMILES string of the molecule is N#Cc1cc(Br)cc(Br)c1NCC(O)CO. The lowest BCUT2D eigenvalue weighted by molar-refractivity contribution is 0.105. The van der Waals surface area contributed by atoms with Gasteiger partial charge in [0.05, 0.1) is 24.0 Å². The van der Waals surface area contributed by atoms with Gasteiger partial charge in [-0.05, 0) is 28.1 Å². The molecule has 0 amide bonds. The van der Waals surface area contributed by atoms with Gasteiger partial charge in [-0.15, -0.1) is 0 Å². The molecule has 1 aromatic rings. The van der Waals surface area contributed by atoms with Gasteiger partial charge in [-0.3, -0.25) is 0 Å². The van der Waals surface area contributed by atoms with Crippen LogP contribution in [0.5, 0.6) is 0 Å². The minimum atomic E-state index is -0.845. The number of hydrogen-bond donors (Lipinski definition) is 3. The number of aliphatic hydroxyl groups is 2. The molecule has 86 valence electrons. The molecule has 0 saturated heterocycles. The average Bonchev–Trinajstić information content (AvgIpc) is 2.26. The third-order valence-electron chi connectivity index (χ3n) is 1.90. The molecule has 1 rings (SSSR count). The van der Waals surface area contributed by atoms with Gasteiger partial charge in [0.15, 0.2) is 0 Å². The van der Waals surface area contributed by atoms with Gasteiger partial charge in [0.1, 0.15) is 6.07 Å². The highest BCUT2D eigenvalue weighted by atomic mass is 79.9. The molecule has 0 aromatic heterocycles.